The van der Waals surface area contributed by atoms with Gasteiger partial charge < -0.3 is 10.4 Å². The largest absolute Gasteiger partial charge is 0.506 e. The number of sulfonamides is 1. The van der Waals surface area contributed by atoms with Crippen molar-refractivity contribution in [3.8, 4) is 5.75 Å². The average Bonchev–Trinajstić information content (AvgIpc) is 2.15. The van der Waals surface area contributed by atoms with Crippen molar-refractivity contribution in [3.05, 3.63) is 23.8 Å². The predicted octanol–water partition coefficient (Wildman–Crippen LogP) is -0.801. The van der Waals surface area contributed by atoms with E-state index in [1.165, 1.54) is 13.1 Å². The Morgan fingerprint density at radius 2 is 2.20 bits per heavy atom. The molecule has 0 spiro atoms. The molecule has 4 N–H and O–H groups in total. The van der Waals surface area contributed by atoms with Crippen molar-refractivity contribution in [2.75, 3.05) is 7.05 Å². The molecule has 0 bridgehead atoms. The fraction of sp³-hybridized carbons (Fsp3) is 0.125. The zero-order chi connectivity index (χ0) is 11.6. The molecule has 0 aliphatic carbocycles. The SMILES string of the molecule is CNC(=O)c1[c]ccc(S(N)(=O)=O)c1O. The highest BCUT2D eigenvalue weighted by Crippen LogP contribution is 2.24. The van der Waals surface area contributed by atoms with E-state index >= 15 is 0 Å². The summed E-state index contributed by atoms with van der Waals surface area (Å²) >= 11 is 0. The van der Waals surface area contributed by atoms with E-state index in [-0.39, 0.29) is 5.56 Å². The molecular formula is C8H9N2O4S. The van der Waals surface area contributed by atoms with E-state index in [1.54, 1.807) is 0 Å². The van der Waals surface area contributed by atoms with Crippen molar-refractivity contribution in [3.63, 3.8) is 0 Å². The standard InChI is InChI=1S/C8H9N2O4S/c1-10-8(12)5-3-2-4-6(7(5)11)15(9,13)14/h2,4,11H,1H3,(H,10,12)(H2,9,13,14). The van der Waals surface area contributed by atoms with Gasteiger partial charge >= 0.3 is 0 Å². The molecule has 1 aromatic rings. The van der Waals surface area contributed by atoms with Gasteiger partial charge in [-0.2, -0.15) is 0 Å². The van der Waals surface area contributed by atoms with Gasteiger partial charge in [0.1, 0.15) is 10.6 Å². The highest BCUT2D eigenvalue weighted by atomic mass is 32.2. The van der Waals surface area contributed by atoms with Crippen LogP contribution in [0, 0.1) is 6.07 Å². The van der Waals surface area contributed by atoms with Crippen LogP contribution in [-0.4, -0.2) is 26.5 Å². The van der Waals surface area contributed by atoms with Gasteiger partial charge in [-0.1, -0.05) is 6.07 Å². The molecule has 0 fully saturated rings. The van der Waals surface area contributed by atoms with Gasteiger partial charge in [-0.15, -0.1) is 0 Å². The number of amides is 1. The number of rotatable bonds is 2. The molecule has 6 nitrogen and oxygen atoms in total. The first-order valence-electron chi connectivity index (χ1n) is 3.86. The van der Waals surface area contributed by atoms with Gasteiger partial charge in [0, 0.05) is 7.05 Å². The van der Waals surface area contributed by atoms with Crippen LogP contribution >= 0.6 is 0 Å². The molecule has 1 aromatic carbocycles. The molecule has 0 heterocycles. The monoisotopic (exact) mass is 229 g/mol. The summed E-state index contributed by atoms with van der Waals surface area (Å²) in [6, 6.07) is 4.68. The minimum Gasteiger partial charge on any atom is -0.506 e. The van der Waals surface area contributed by atoms with Crippen molar-refractivity contribution >= 4 is 15.9 Å². The summed E-state index contributed by atoms with van der Waals surface area (Å²) in [5.74, 6) is -1.34. The summed E-state index contributed by atoms with van der Waals surface area (Å²) in [7, 11) is -2.70. The van der Waals surface area contributed by atoms with Crippen molar-refractivity contribution in [1.82, 2.24) is 5.32 Å². The molecule has 15 heavy (non-hydrogen) atoms. The lowest BCUT2D eigenvalue weighted by atomic mass is 10.2. The van der Waals surface area contributed by atoms with Crippen LogP contribution in [0.1, 0.15) is 10.4 Å². The molecule has 0 aliphatic heterocycles. The minimum absolute atomic E-state index is 0.260. The molecule has 1 amide bonds. The van der Waals surface area contributed by atoms with Crippen LogP contribution in [0.15, 0.2) is 17.0 Å². The van der Waals surface area contributed by atoms with E-state index in [1.807, 2.05) is 0 Å². The van der Waals surface area contributed by atoms with Gasteiger partial charge in [0.25, 0.3) is 5.91 Å². The Morgan fingerprint density at radius 1 is 1.60 bits per heavy atom. The lowest BCUT2D eigenvalue weighted by molar-refractivity contribution is 0.0959. The van der Waals surface area contributed by atoms with E-state index in [2.05, 4.69) is 11.4 Å². The van der Waals surface area contributed by atoms with Gasteiger partial charge in [-0.05, 0) is 12.1 Å². The molecule has 0 unspecified atom stereocenters. The predicted molar refractivity (Wildman–Crippen MR) is 51.7 cm³/mol. The summed E-state index contributed by atoms with van der Waals surface area (Å²) in [6.45, 7) is 0. The lowest BCUT2D eigenvalue weighted by Crippen LogP contribution is -2.20. The molecule has 1 rings (SSSR count). The second-order valence-electron chi connectivity index (χ2n) is 2.69. The van der Waals surface area contributed by atoms with Crippen LogP contribution in [0.3, 0.4) is 0 Å². The zero-order valence-electron chi connectivity index (χ0n) is 7.81. The minimum atomic E-state index is -4.05. The Kier molecular flexibility index (Phi) is 2.96. The number of carbonyl (C=O) groups excluding carboxylic acids is 1. The fourth-order valence-electron chi connectivity index (χ4n) is 0.999. The molecule has 0 saturated heterocycles. The molecular weight excluding hydrogens is 220 g/mol. The summed E-state index contributed by atoms with van der Waals surface area (Å²) in [6.07, 6.45) is 0. The van der Waals surface area contributed by atoms with Gasteiger partial charge in [-0.25, -0.2) is 13.6 Å². The third-order valence-electron chi connectivity index (χ3n) is 1.69. The third-order valence-corrected chi connectivity index (χ3v) is 2.64. The van der Waals surface area contributed by atoms with Crippen LogP contribution in [-0.2, 0) is 10.0 Å². The molecule has 81 valence electrons. The normalized spacial score (nSPS) is 11.1. The van der Waals surface area contributed by atoms with Gasteiger partial charge in [0.2, 0.25) is 10.0 Å². The molecule has 1 radical (unpaired) electrons. The number of primary sulfonamides is 1. The molecule has 0 aliphatic rings. The van der Waals surface area contributed by atoms with Crippen molar-refractivity contribution in [2.24, 2.45) is 5.14 Å². The summed E-state index contributed by atoms with van der Waals surface area (Å²) < 4.78 is 22.0. The summed E-state index contributed by atoms with van der Waals surface area (Å²) in [5, 5.41) is 16.5. The zero-order valence-corrected chi connectivity index (χ0v) is 8.63. The number of hydrogen-bond acceptors (Lipinski definition) is 4. The third kappa shape index (κ3) is 2.25. The molecule has 7 heteroatoms. The summed E-state index contributed by atoms with van der Waals surface area (Å²) in [5.41, 5.74) is -0.260. The second-order valence-corrected chi connectivity index (χ2v) is 4.22. The number of phenolic OH excluding ortho intramolecular Hbond substituents is 1. The smallest absolute Gasteiger partial charge is 0.255 e. The van der Waals surface area contributed by atoms with Crippen LogP contribution in [0.5, 0.6) is 5.75 Å². The maximum Gasteiger partial charge on any atom is 0.255 e. The maximum atomic E-state index is 11.2. The number of phenols is 1. The highest BCUT2D eigenvalue weighted by Gasteiger charge is 2.19. The molecule has 0 saturated carbocycles. The molecule has 0 aromatic heterocycles. The molecule has 0 atom stereocenters. The quantitative estimate of drug-likeness (QED) is 0.616. The average molecular weight is 229 g/mol. The van der Waals surface area contributed by atoms with Gasteiger partial charge in [-0.3, -0.25) is 4.79 Å². The Hall–Kier alpha value is -1.60. The number of hydrogen-bond donors (Lipinski definition) is 3. The first-order valence-corrected chi connectivity index (χ1v) is 5.41. The van der Waals surface area contributed by atoms with E-state index in [0.29, 0.717) is 0 Å². The number of carbonyl (C=O) groups is 1. The van der Waals surface area contributed by atoms with E-state index in [4.69, 9.17) is 5.14 Å². The van der Waals surface area contributed by atoms with Crippen LogP contribution in [0.25, 0.3) is 0 Å². The lowest BCUT2D eigenvalue weighted by Gasteiger charge is -2.06. The number of benzene rings is 1. The Balaban J connectivity index is 3.43. The van der Waals surface area contributed by atoms with Crippen molar-refractivity contribution in [1.29, 1.82) is 0 Å². The van der Waals surface area contributed by atoms with E-state index in [0.717, 1.165) is 6.07 Å². The van der Waals surface area contributed by atoms with Crippen LogP contribution in [0.4, 0.5) is 0 Å². The number of nitrogens with two attached hydrogens (primary N) is 1. The Labute approximate surface area is 86.8 Å². The van der Waals surface area contributed by atoms with Crippen LogP contribution < -0.4 is 10.5 Å². The first-order chi connectivity index (χ1) is 6.88. The second kappa shape index (κ2) is 3.87. The number of aromatic hydroxyl groups is 1. The number of nitrogens with one attached hydrogen (secondary N) is 1. The van der Waals surface area contributed by atoms with E-state index in [9.17, 15) is 18.3 Å². The first kappa shape index (κ1) is 11.5. The van der Waals surface area contributed by atoms with Crippen molar-refractivity contribution < 1.29 is 18.3 Å². The highest BCUT2D eigenvalue weighted by molar-refractivity contribution is 7.89. The van der Waals surface area contributed by atoms with Crippen molar-refractivity contribution in [2.45, 2.75) is 4.90 Å². The van der Waals surface area contributed by atoms with Gasteiger partial charge in [0.15, 0.2) is 0 Å². The topological polar surface area (TPSA) is 109 Å². The fourth-order valence-corrected chi connectivity index (χ4v) is 1.63. The van der Waals surface area contributed by atoms with E-state index < -0.39 is 26.6 Å². The Bertz CT molecular complexity index is 495. The summed E-state index contributed by atoms with van der Waals surface area (Å²) in [4.78, 5) is 10.7. The van der Waals surface area contributed by atoms with Gasteiger partial charge in [0.05, 0.1) is 5.56 Å². The maximum absolute atomic E-state index is 11.2. The van der Waals surface area contributed by atoms with Crippen LogP contribution in [0.2, 0.25) is 0 Å². The Morgan fingerprint density at radius 3 is 2.67 bits per heavy atom.